The highest BCUT2D eigenvalue weighted by Gasteiger charge is 2.03. The molecule has 0 unspecified atom stereocenters. The van der Waals surface area contributed by atoms with Gasteiger partial charge in [-0.2, -0.15) is 0 Å². The van der Waals surface area contributed by atoms with Crippen LogP contribution in [-0.4, -0.2) is 6.61 Å². The van der Waals surface area contributed by atoms with E-state index < -0.39 is 0 Å². The zero-order valence-corrected chi connectivity index (χ0v) is 7.53. The molecule has 1 aromatic rings. The lowest BCUT2D eigenvalue weighted by Gasteiger charge is -2.06. The fraction of sp³-hybridized carbons (Fsp3) is 0.250. The van der Waals surface area contributed by atoms with Gasteiger partial charge in [0.15, 0.2) is 0 Å². The molecule has 0 fully saturated rings. The third kappa shape index (κ3) is 2.12. The normalized spacial score (nSPS) is 9.92. The summed E-state index contributed by atoms with van der Waals surface area (Å²) >= 11 is 0.985. The van der Waals surface area contributed by atoms with Crippen LogP contribution in [0.3, 0.4) is 0 Å². The van der Waals surface area contributed by atoms with E-state index in [1.165, 1.54) is 12.1 Å². The smallest absolute Gasteiger partial charge is 0.134 e. The molecular formula is C8H10FNOS. The predicted octanol–water partition coefficient (Wildman–Crippen LogP) is 2.19. The first-order valence-electron chi connectivity index (χ1n) is 3.57. The van der Waals surface area contributed by atoms with E-state index >= 15 is 0 Å². The number of ether oxygens (including phenoxy) is 1. The molecule has 12 heavy (non-hydrogen) atoms. The van der Waals surface area contributed by atoms with Crippen LogP contribution in [-0.2, 0) is 0 Å². The molecule has 0 heterocycles. The summed E-state index contributed by atoms with van der Waals surface area (Å²) in [5.41, 5.74) is 0. The molecule has 4 heteroatoms. The van der Waals surface area contributed by atoms with Crippen molar-refractivity contribution in [3.8, 4) is 5.75 Å². The van der Waals surface area contributed by atoms with E-state index in [1.54, 1.807) is 6.07 Å². The number of nitrogens with two attached hydrogens (primary N) is 1. The highest BCUT2D eigenvalue weighted by atomic mass is 32.2. The fourth-order valence-corrected chi connectivity index (χ4v) is 1.27. The van der Waals surface area contributed by atoms with Gasteiger partial charge in [0.05, 0.1) is 11.5 Å². The average Bonchev–Trinajstić information content (AvgIpc) is 2.08. The summed E-state index contributed by atoms with van der Waals surface area (Å²) in [6.45, 7) is 2.42. The molecule has 1 rings (SSSR count). The van der Waals surface area contributed by atoms with Crippen LogP contribution in [0.1, 0.15) is 6.92 Å². The minimum absolute atomic E-state index is 0.300. The van der Waals surface area contributed by atoms with Crippen LogP contribution in [0, 0.1) is 5.82 Å². The Morgan fingerprint density at radius 1 is 1.58 bits per heavy atom. The Hall–Kier alpha value is -0.740. The van der Waals surface area contributed by atoms with Crippen molar-refractivity contribution in [3.63, 3.8) is 0 Å². The summed E-state index contributed by atoms with van der Waals surface area (Å²) in [6, 6.07) is 4.29. The Labute approximate surface area is 75.0 Å². The van der Waals surface area contributed by atoms with E-state index in [0.717, 1.165) is 11.9 Å². The largest absolute Gasteiger partial charge is 0.493 e. The van der Waals surface area contributed by atoms with Crippen LogP contribution < -0.4 is 9.88 Å². The third-order valence-electron chi connectivity index (χ3n) is 1.33. The first-order valence-corrected chi connectivity index (χ1v) is 4.45. The average molecular weight is 187 g/mol. The van der Waals surface area contributed by atoms with E-state index in [-0.39, 0.29) is 5.82 Å². The van der Waals surface area contributed by atoms with Gasteiger partial charge in [0.25, 0.3) is 0 Å². The molecule has 0 aromatic heterocycles. The van der Waals surface area contributed by atoms with Gasteiger partial charge >= 0.3 is 0 Å². The van der Waals surface area contributed by atoms with Gasteiger partial charge in [0.1, 0.15) is 11.6 Å². The molecule has 0 spiro atoms. The maximum Gasteiger partial charge on any atom is 0.134 e. The molecule has 0 saturated heterocycles. The Kier molecular flexibility index (Phi) is 3.37. The Morgan fingerprint density at radius 2 is 2.33 bits per heavy atom. The topological polar surface area (TPSA) is 35.2 Å². The number of hydrogen-bond donors (Lipinski definition) is 1. The van der Waals surface area contributed by atoms with Crippen LogP contribution in [0.15, 0.2) is 23.1 Å². The zero-order chi connectivity index (χ0) is 8.97. The Bertz CT molecular complexity index is 267. The van der Waals surface area contributed by atoms with Gasteiger partial charge in [-0.25, -0.2) is 4.39 Å². The molecule has 2 nitrogen and oxygen atoms in total. The molecule has 0 saturated carbocycles. The second-order valence-corrected chi connectivity index (χ2v) is 2.82. The number of halogens is 1. The highest BCUT2D eigenvalue weighted by Crippen LogP contribution is 2.26. The molecule has 0 amide bonds. The molecule has 0 bridgehead atoms. The summed E-state index contributed by atoms with van der Waals surface area (Å²) in [6.07, 6.45) is 0. The molecule has 0 aliphatic carbocycles. The minimum atomic E-state index is -0.300. The van der Waals surface area contributed by atoms with Gasteiger partial charge in [-0.05, 0) is 37.1 Å². The summed E-state index contributed by atoms with van der Waals surface area (Å²) in [4.78, 5) is 0.622. The summed E-state index contributed by atoms with van der Waals surface area (Å²) in [5, 5.41) is 5.32. The molecule has 0 atom stereocenters. The monoisotopic (exact) mass is 187 g/mol. The van der Waals surface area contributed by atoms with Gasteiger partial charge in [-0.3, -0.25) is 5.14 Å². The van der Waals surface area contributed by atoms with Gasteiger partial charge in [0.2, 0.25) is 0 Å². The lowest BCUT2D eigenvalue weighted by Crippen LogP contribution is -1.94. The standard InChI is InChI=1S/C8H10FNOS/c1-2-11-7-4-3-6(9)5-8(7)12-10/h3-5H,2,10H2,1H3. The van der Waals surface area contributed by atoms with Crippen molar-refractivity contribution in [1.82, 2.24) is 0 Å². The zero-order valence-electron chi connectivity index (χ0n) is 6.71. The van der Waals surface area contributed by atoms with Crippen LogP contribution in [0.2, 0.25) is 0 Å². The summed E-state index contributed by atoms with van der Waals surface area (Å²) in [7, 11) is 0. The highest BCUT2D eigenvalue weighted by molar-refractivity contribution is 7.97. The second-order valence-electron chi connectivity index (χ2n) is 2.14. The van der Waals surface area contributed by atoms with Crippen LogP contribution in [0.4, 0.5) is 4.39 Å². The van der Waals surface area contributed by atoms with Crippen molar-refractivity contribution in [2.75, 3.05) is 6.61 Å². The molecule has 66 valence electrons. The van der Waals surface area contributed by atoms with E-state index in [4.69, 9.17) is 9.88 Å². The quantitative estimate of drug-likeness (QED) is 0.737. The molecule has 0 radical (unpaired) electrons. The van der Waals surface area contributed by atoms with Gasteiger partial charge < -0.3 is 4.74 Å². The number of benzene rings is 1. The van der Waals surface area contributed by atoms with Crippen LogP contribution in [0.25, 0.3) is 0 Å². The maximum atomic E-state index is 12.7. The van der Waals surface area contributed by atoms with Crippen molar-refractivity contribution in [1.29, 1.82) is 0 Å². The van der Waals surface area contributed by atoms with E-state index in [1.807, 2.05) is 6.92 Å². The number of hydrogen-bond acceptors (Lipinski definition) is 3. The van der Waals surface area contributed by atoms with Crippen molar-refractivity contribution in [2.45, 2.75) is 11.8 Å². The lowest BCUT2D eigenvalue weighted by atomic mass is 10.3. The summed E-state index contributed by atoms with van der Waals surface area (Å²) < 4.78 is 17.9. The van der Waals surface area contributed by atoms with Crippen molar-refractivity contribution < 1.29 is 9.13 Å². The molecule has 1 aromatic carbocycles. The van der Waals surface area contributed by atoms with Crippen molar-refractivity contribution >= 4 is 11.9 Å². The molecule has 0 aliphatic heterocycles. The third-order valence-corrected chi connectivity index (χ3v) is 1.91. The first kappa shape index (κ1) is 9.35. The van der Waals surface area contributed by atoms with Crippen molar-refractivity contribution in [3.05, 3.63) is 24.0 Å². The number of rotatable bonds is 3. The minimum Gasteiger partial charge on any atom is -0.493 e. The van der Waals surface area contributed by atoms with Crippen LogP contribution in [0.5, 0.6) is 5.75 Å². The summed E-state index contributed by atoms with van der Waals surface area (Å²) in [5.74, 6) is 0.331. The predicted molar refractivity (Wildman–Crippen MR) is 47.6 cm³/mol. The van der Waals surface area contributed by atoms with Crippen LogP contribution >= 0.6 is 11.9 Å². The fourth-order valence-electron chi connectivity index (χ4n) is 0.849. The van der Waals surface area contributed by atoms with Gasteiger partial charge in [0, 0.05) is 0 Å². The first-order chi connectivity index (χ1) is 5.77. The lowest BCUT2D eigenvalue weighted by molar-refractivity contribution is 0.331. The van der Waals surface area contributed by atoms with E-state index in [9.17, 15) is 4.39 Å². The Balaban J connectivity index is 2.94. The molecule has 0 aliphatic rings. The molecular weight excluding hydrogens is 177 g/mol. The Morgan fingerprint density at radius 3 is 2.92 bits per heavy atom. The second kappa shape index (κ2) is 4.33. The van der Waals surface area contributed by atoms with E-state index in [0.29, 0.717) is 17.3 Å². The maximum absolute atomic E-state index is 12.7. The SMILES string of the molecule is CCOc1ccc(F)cc1SN. The van der Waals surface area contributed by atoms with Crippen molar-refractivity contribution in [2.24, 2.45) is 5.14 Å². The molecule has 2 N–H and O–H groups in total. The van der Waals surface area contributed by atoms with E-state index in [2.05, 4.69) is 0 Å². The van der Waals surface area contributed by atoms with Gasteiger partial charge in [-0.1, -0.05) is 0 Å². The van der Waals surface area contributed by atoms with Gasteiger partial charge in [-0.15, -0.1) is 0 Å².